The van der Waals surface area contributed by atoms with Gasteiger partial charge in [-0.05, 0) is 23.8 Å². The minimum absolute atomic E-state index is 0.298. The fraction of sp³-hybridized carbons (Fsp3) is 0.364. The maximum atomic E-state index is 11.3. The Morgan fingerprint density at radius 3 is 2.59 bits per heavy atom. The normalized spacial score (nSPS) is 12.2. The number of carbonyl (C=O) groups excluding carboxylic acids is 1. The Labute approximate surface area is 191 Å². The number of hydrogen-bond acceptors (Lipinski definition) is 9. The zero-order chi connectivity index (χ0) is 23.1. The molecule has 4 N–H and O–H groups in total. The van der Waals surface area contributed by atoms with Gasteiger partial charge >= 0.3 is 6.09 Å². The van der Waals surface area contributed by atoms with Crippen LogP contribution < -0.4 is 16.4 Å². The van der Waals surface area contributed by atoms with Crippen LogP contribution in [0.25, 0.3) is 10.6 Å². The molecule has 1 unspecified atom stereocenters. The highest BCUT2D eigenvalue weighted by Gasteiger charge is 2.29. The van der Waals surface area contributed by atoms with Crippen LogP contribution in [0.3, 0.4) is 0 Å². The van der Waals surface area contributed by atoms with Crippen LogP contribution in [0.1, 0.15) is 32.4 Å². The van der Waals surface area contributed by atoms with Gasteiger partial charge in [-0.2, -0.15) is 0 Å². The maximum Gasteiger partial charge on any atom is 0.405 e. The van der Waals surface area contributed by atoms with Crippen molar-refractivity contribution in [1.82, 2.24) is 15.0 Å². The van der Waals surface area contributed by atoms with Crippen molar-refractivity contribution in [3.8, 4) is 10.6 Å². The number of nitrogens with one attached hydrogen (secondary N) is 2. The van der Waals surface area contributed by atoms with E-state index in [1.54, 1.807) is 19.5 Å². The van der Waals surface area contributed by atoms with Crippen LogP contribution in [0.4, 0.5) is 21.6 Å². The molecule has 0 fully saturated rings. The van der Waals surface area contributed by atoms with Gasteiger partial charge in [0.25, 0.3) is 0 Å². The zero-order valence-electron chi connectivity index (χ0n) is 18.6. The van der Waals surface area contributed by atoms with E-state index in [1.807, 2.05) is 51.1 Å². The number of hydrogen-bond donors (Lipinski definition) is 3. The molecule has 3 aromatic rings. The lowest BCUT2D eigenvalue weighted by Crippen LogP contribution is -2.26. The first-order valence-electron chi connectivity index (χ1n) is 10.1. The lowest BCUT2D eigenvalue weighted by molar-refractivity contribution is 0.0360. The summed E-state index contributed by atoms with van der Waals surface area (Å²) in [5, 5.41) is 7.23. The number of nitrogens with zero attached hydrogens (tertiary/aromatic N) is 3. The molecule has 2 heterocycles. The second-order valence-electron chi connectivity index (χ2n) is 8.14. The van der Waals surface area contributed by atoms with Gasteiger partial charge in [0.15, 0.2) is 5.13 Å². The number of thiazole rings is 1. The molecule has 1 aromatic carbocycles. The molecule has 0 saturated heterocycles. The molecule has 10 heteroatoms. The Bertz CT molecular complexity index is 1030. The van der Waals surface area contributed by atoms with Gasteiger partial charge in [0.1, 0.15) is 6.10 Å². The molecule has 0 bridgehead atoms. The van der Waals surface area contributed by atoms with Gasteiger partial charge in [0.05, 0.1) is 17.2 Å². The van der Waals surface area contributed by atoms with Crippen molar-refractivity contribution in [3.63, 3.8) is 0 Å². The predicted molar refractivity (Wildman–Crippen MR) is 126 cm³/mol. The third-order valence-electron chi connectivity index (χ3n) is 4.49. The molecule has 0 aliphatic carbocycles. The number of amides is 1. The largest absolute Gasteiger partial charge is 0.441 e. The molecule has 1 atom stereocenters. The number of primary amides is 1. The number of ether oxygens (including phenoxy) is 2. The highest BCUT2D eigenvalue weighted by Crippen LogP contribution is 2.36. The molecular formula is C22H28N6O3S. The molecular weight excluding hydrogens is 428 g/mol. The van der Waals surface area contributed by atoms with Crippen LogP contribution in [-0.2, 0) is 9.47 Å². The number of rotatable bonds is 9. The summed E-state index contributed by atoms with van der Waals surface area (Å²) in [7, 11) is 1.66. The number of carbonyl (C=O) groups is 1. The van der Waals surface area contributed by atoms with E-state index in [4.69, 9.17) is 15.2 Å². The van der Waals surface area contributed by atoms with E-state index >= 15 is 0 Å². The summed E-state index contributed by atoms with van der Waals surface area (Å²) >= 11 is 1.52. The van der Waals surface area contributed by atoms with Gasteiger partial charge in [0, 0.05) is 37.2 Å². The van der Waals surface area contributed by atoms with Crippen molar-refractivity contribution < 1.29 is 14.3 Å². The lowest BCUT2D eigenvalue weighted by atomic mass is 9.84. The van der Waals surface area contributed by atoms with E-state index in [0.717, 1.165) is 27.0 Å². The van der Waals surface area contributed by atoms with E-state index < -0.39 is 12.2 Å². The Morgan fingerprint density at radius 1 is 1.19 bits per heavy atom. The Hall–Kier alpha value is -3.24. The second kappa shape index (κ2) is 10.4. The van der Waals surface area contributed by atoms with E-state index in [-0.39, 0.29) is 5.41 Å². The van der Waals surface area contributed by atoms with Gasteiger partial charge < -0.3 is 25.8 Å². The van der Waals surface area contributed by atoms with Gasteiger partial charge in [-0.3, -0.25) is 0 Å². The molecule has 2 aromatic heterocycles. The topological polar surface area (TPSA) is 124 Å². The van der Waals surface area contributed by atoms with E-state index in [2.05, 4.69) is 25.6 Å². The summed E-state index contributed by atoms with van der Waals surface area (Å²) in [5.41, 5.74) is 7.39. The average molecular weight is 457 g/mol. The van der Waals surface area contributed by atoms with Crippen molar-refractivity contribution in [2.45, 2.75) is 26.9 Å². The number of anilines is 3. The van der Waals surface area contributed by atoms with Crippen LogP contribution in [0, 0.1) is 5.41 Å². The van der Waals surface area contributed by atoms with Crippen LogP contribution >= 0.6 is 11.3 Å². The number of nitrogens with two attached hydrogens (primary N) is 1. The van der Waals surface area contributed by atoms with Crippen LogP contribution in [-0.4, -0.2) is 41.3 Å². The summed E-state index contributed by atoms with van der Waals surface area (Å²) in [6.07, 6.45) is 2.24. The minimum atomic E-state index is -0.794. The van der Waals surface area contributed by atoms with Gasteiger partial charge in [-0.25, -0.2) is 19.7 Å². The van der Waals surface area contributed by atoms with Gasteiger partial charge in [-0.15, -0.1) is 0 Å². The zero-order valence-corrected chi connectivity index (χ0v) is 19.4. The highest BCUT2D eigenvalue weighted by atomic mass is 32.1. The van der Waals surface area contributed by atoms with Gasteiger partial charge in [-0.1, -0.05) is 44.2 Å². The van der Waals surface area contributed by atoms with Crippen molar-refractivity contribution in [2.24, 2.45) is 11.1 Å². The van der Waals surface area contributed by atoms with E-state index in [9.17, 15) is 4.79 Å². The van der Waals surface area contributed by atoms with E-state index in [0.29, 0.717) is 19.1 Å². The molecule has 0 aliphatic rings. The monoisotopic (exact) mass is 456 g/mol. The number of aromatic nitrogens is 3. The number of methoxy groups -OCH3 is 1. The predicted octanol–water partition coefficient (Wildman–Crippen LogP) is 4.58. The van der Waals surface area contributed by atoms with Crippen molar-refractivity contribution in [2.75, 3.05) is 30.9 Å². The molecule has 0 saturated carbocycles. The summed E-state index contributed by atoms with van der Waals surface area (Å²) in [6, 6.07) is 9.41. The Balaban J connectivity index is 1.71. The molecule has 32 heavy (non-hydrogen) atoms. The average Bonchev–Trinajstić information content (AvgIpc) is 3.21. The maximum absolute atomic E-state index is 11.3. The second-order valence-corrected chi connectivity index (χ2v) is 9.18. The first kappa shape index (κ1) is 23.4. The molecule has 0 spiro atoms. The smallest absolute Gasteiger partial charge is 0.405 e. The fourth-order valence-corrected chi connectivity index (χ4v) is 3.83. The number of benzene rings is 1. The minimum Gasteiger partial charge on any atom is -0.441 e. The first-order chi connectivity index (χ1) is 15.3. The molecule has 0 radical (unpaired) electrons. The Kier molecular flexibility index (Phi) is 7.60. The van der Waals surface area contributed by atoms with Crippen LogP contribution in [0.15, 0.2) is 42.7 Å². The van der Waals surface area contributed by atoms with Crippen molar-refractivity contribution in [1.29, 1.82) is 0 Å². The van der Waals surface area contributed by atoms with Crippen LogP contribution in [0.5, 0.6) is 0 Å². The Morgan fingerprint density at radius 2 is 1.94 bits per heavy atom. The quantitative estimate of drug-likeness (QED) is 0.400. The van der Waals surface area contributed by atoms with Crippen LogP contribution in [0.2, 0.25) is 0 Å². The lowest BCUT2D eigenvalue weighted by Gasteiger charge is -2.30. The molecule has 3 rings (SSSR count). The first-order valence-corrected chi connectivity index (χ1v) is 10.9. The van der Waals surface area contributed by atoms with E-state index in [1.165, 1.54) is 11.3 Å². The third kappa shape index (κ3) is 6.38. The highest BCUT2D eigenvalue weighted by molar-refractivity contribution is 7.18. The fourth-order valence-electron chi connectivity index (χ4n) is 3.02. The summed E-state index contributed by atoms with van der Waals surface area (Å²) in [5.74, 6) is 0.471. The summed E-state index contributed by atoms with van der Waals surface area (Å²) < 4.78 is 10.4. The summed E-state index contributed by atoms with van der Waals surface area (Å²) in [6.45, 7) is 7.27. The molecule has 1 amide bonds. The van der Waals surface area contributed by atoms with Crippen molar-refractivity contribution in [3.05, 3.63) is 48.3 Å². The standard InChI is InChI=1S/C22H28N6O3S/c1-22(2,3)18(31-19(23)29)14-5-7-15(8-6-14)27-20-24-10-9-16(28-20)17-13-26-21(32-17)25-11-12-30-4/h5-10,13,18H,11-12H2,1-4H3,(H2,23,29)(H,25,26)(H,24,27,28). The molecule has 9 nitrogen and oxygen atoms in total. The third-order valence-corrected chi connectivity index (χ3v) is 5.46. The summed E-state index contributed by atoms with van der Waals surface area (Å²) in [4.78, 5) is 25.5. The molecule has 170 valence electrons. The SMILES string of the molecule is COCCNc1ncc(-c2ccnc(Nc3ccc(C(OC(N)=O)C(C)(C)C)cc3)n2)s1. The van der Waals surface area contributed by atoms with Gasteiger partial charge in [0.2, 0.25) is 5.95 Å². The van der Waals surface area contributed by atoms with Crippen molar-refractivity contribution >= 4 is 34.2 Å². The molecule has 0 aliphatic heterocycles.